The maximum Gasteiger partial charge on any atom is 0.325 e. The molecule has 1 fully saturated rings. The topological polar surface area (TPSA) is 92.8 Å². The van der Waals surface area contributed by atoms with Gasteiger partial charge in [-0.1, -0.05) is 6.07 Å². The van der Waals surface area contributed by atoms with Gasteiger partial charge in [0.2, 0.25) is 10.0 Å². The minimum Gasteiger partial charge on any atom is -0.451 e. The van der Waals surface area contributed by atoms with E-state index in [1.807, 2.05) is 0 Å². The quantitative estimate of drug-likeness (QED) is 0.790. The molecule has 1 N–H and O–H groups in total. The van der Waals surface area contributed by atoms with Crippen molar-refractivity contribution < 1.29 is 27.1 Å². The third-order valence-electron chi connectivity index (χ3n) is 4.00. The first-order valence-electron chi connectivity index (χ1n) is 7.84. The first kappa shape index (κ1) is 19.3. The Hall–Kier alpha value is -2.00. The molecule has 1 heterocycles. The Morgan fingerprint density at radius 2 is 2.08 bits per heavy atom. The molecule has 1 aromatic rings. The zero-order valence-corrected chi connectivity index (χ0v) is 15.1. The van der Waals surface area contributed by atoms with Gasteiger partial charge in [-0.25, -0.2) is 12.8 Å². The minimum absolute atomic E-state index is 0.245. The highest BCUT2D eigenvalue weighted by Crippen LogP contribution is 2.22. The summed E-state index contributed by atoms with van der Waals surface area (Å²) in [5, 5.41) is 2.46. The Kier molecular flexibility index (Phi) is 5.79. The highest BCUT2D eigenvalue weighted by atomic mass is 32.2. The molecule has 1 amide bonds. The van der Waals surface area contributed by atoms with Crippen molar-refractivity contribution in [1.29, 1.82) is 0 Å². The molecule has 0 radical (unpaired) electrons. The molecule has 0 saturated carbocycles. The summed E-state index contributed by atoms with van der Waals surface area (Å²) >= 11 is 0. The first-order valence-corrected chi connectivity index (χ1v) is 9.68. The van der Waals surface area contributed by atoms with Crippen molar-refractivity contribution in [3.8, 4) is 0 Å². The predicted molar refractivity (Wildman–Crippen MR) is 89.9 cm³/mol. The van der Waals surface area contributed by atoms with Crippen LogP contribution < -0.4 is 5.32 Å². The van der Waals surface area contributed by atoms with Crippen molar-refractivity contribution in [2.24, 2.45) is 0 Å². The summed E-state index contributed by atoms with van der Waals surface area (Å²) in [5.74, 6) is -1.85. The number of carbonyl (C=O) groups is 2. The van der Waals surface area contributed by atoms with E-state index in [0.29, 0.717) is 18.4 Å². The van der Waals surface area contributed by atoms with E-state index in [2.05, 4.69) is 5.32 Å². The number of nitrogens with zero attached hydrogens (tertiary/aromatic N) is 1. The summed E-state index contributed by atoms with van der Waals surface area (Å²) in [6, 6.07) is 3.31. The highest BCUT2D eigenvalue weighted by molar-refractivity contribution is 7.88. The molecule has 1 aromatic carbocycles. The summed E-state index contributed by atoms with van der Waals surface area (Å²) in [6.45, 7) is 3.22. The molecule has 0 aromatic heterocycles. The number of rotatable bonds is 5. The fourth-order valence-corrected chi connectivity index (χ4v) is 3.71. The van der Waals surface area contributed by atoms with Gasteiger partial charge in [-0.05, 0) is 44.4 Å². The van der Waals surface area contributed by atoms with Crippen LogP contribution >= 0.6 is 0 Å². The van der Waals surface area contributed by atoms with Gasteiger partial charge in [-0.3, -0.25) is 9.59 Å². The smallest absolute Gasteiger partial charge is 0.325 e. The van der Waals surface area contributed by atoms with E-state index < -0.39 is 39.9 Å². The van der Waals surface area contributed by atoms with Crippen LogP contribution in [-0.4, -0.2) is 49.5 Å². The predicted octanol–water partition coefficient (Wildman–Crippen LogP) is 1.43. The zero-order valence-electron chi connectivity index (χ0n) is 14.3. The molecule has 0 unspecified atom stereocenters. The van der Waals surface area contributed by atoms with Crippen LogP contribution in [0.25, 0.3) is 0 Å². The molecule has 0 aliphatic carbocycles. The number of amides is 1. The van der Waals surface area contributed by atoms with Crippen LogP contribution in [0.15, 0.2) is 18.2 Å². The number of halogens is 1. The molecule has 7 nitrogen and oxygen atoms in total. The number of ether oxygens (including phenoxy) is 1. The molecule has 1 saturated heterocycles. The number of hydrogen-bond donors (Lipinski definition) is 1. The minimum atomic E-state index is -3.52. The lowest BCUT2D eigenvalue weighted by Crippen LogP contribution is -2.43. The second-order valence-corrected chi connectivity index (χ2v) is 8.00. The summed E-state index contributed by atoms with van der Waals surface area (Å²) in [6.07, 6.45) is 0.791. The second-order valence-electron chi connectivity index (χ2n) is 6.06. The van der Waals surface area contributed by atoms with Gasteiger partial charge in [0, 0.05) is 12.2 Å². The first-order chi connectivity index (χ1) is 11.6. The van der Waals surface area contributed by atoms with E-state index in [9.17, 15) is 22.4 Å². The summed E-state index contributed by atoms with van der Waals surface area (Å²) in [5.41, 5.74) is 0.689. The Bertz CT molecular complexity index is 781. The number of anilines is 1. The molecular weight excluding hydrogens is 351 g/mol. The van der Waals surface area contributed by atoms with Gasteiger partial charge >= 0.3 is 5.97 Å². The average molecular weight is 372 g/mol. The number of sulfonamides is 1. The normalized spacial score (nSPS) is 19.4. The van der Waals surface area contributed by atoms with Gasteiger partial charge in [0.05, 0.1) is 6.26 Å². The molecule has 2 atom stereocenters. The Morgan fingerprint density at radius 3 is 2.68 bits per heavy atom. The van der Waals surface area contributed by atoms with Crippen LogP contribution in [0.2, 0.25) is 0 Å². The third kappa shape index (κ3) is 4.76. The lowest BCUT2D eigenvalue weighted by molar-refractivity contribution is -0.156. The monoisotopic (exact) mass is 372 g/mol. The van der Waals surface area contributed by atoms with Crippen LogP contribution in [0, 0.1) is 12.7 Å². The van der Waals surface area contributed by atoms with Gasteiger partial charge in [0.15, 0.2) is 6.10 Å². The van der Waals surface area contributed by atoms with Crippen LogP contribution in [0.1, 0.15) is 25.3 Å². The molecular formula is C16H21FN2O5S. The molecule has 0 spiro atoms. The van der Waals surface area contributed by atoms with Crippen LogP contribution in [0.4, 0.5) is 10.1 Å². The van der Waals surface area contributed by atoms with Crippen molar-refractivity contribution in [1.82, 2.24) is 4.31 Å². The van der Waals surface area contributed by atoms with Crippen molar-refractivity contribution in [2.45, 2.75) is 38.8 Å². The van der Waals surface area contributed by atoms with Crippen LogP contribution in [-0.2, 0) is 24.3 Å². The number of esters is 1. The van der Waals surface area contributed by atoms with E-state index in [4.69, 9.17) is 4.74 Å². The Morgan fingerprint density at radius 1 is 1.40 bits per heavy atom. The Balaban J connectivity index is 1.98. The molecule has 138 valence electrons. The maximum atomic E-state index is 13.5. The Labute approximate surface area is 146 Å². The number of carbonyl (C=O) groups excluding carboxylic acids is 2. The molecule has 1 aliphatic rings. The highest BCUT2D eigenvalue weighted by Gasteiger charge is 2.38. The number of hydrogen-bond acceptors (Lipinski definition) is 5. The van der Waals surface area contributed by atoms with Crippen molar-refractivity contribution in [3.05, 3.63) is 29.6 Å². The second kappa shape index (κ2) is 7.49. The van der Waals surface area contributed by atoms with Crippen molar-refractivity contribution >= 4 is 27.6 Å². The van der Waals surface area contributed by atoms with Gasteiger partial charge < -0.3 is 10.1 Å². The fraction of sp³-hybridized carbons (Fsp3) is 0.500. The van der Waals surface area contributed by atoms with E-state index in [0.717, 1.165) is 10.6 Å². The van der Waals surface area contributed by atoms with E-state index in [1.54, 1.807) is 6.92 Å². The number of nitrogens with one attached hydrogen (secondary N) is 1. The third-order valence-corrected chi connectivity index (χ3v) is 5.29. The summed E-state index contributed by atoms with van der Waals surface area (Å²) in [4.78, 5) is 24.3. The molecule has 2 rings (SSSR count). The molecule has 9 heteroatoms. The van der Waals surface area contributed by atoms with E-state index in [1.165, 1.54) is 25.1 Å². The fourth-order valence-electron chi connectivity index (χ4n) is 2.59. The van der Waals surface area contributed by atoms with E-state index >= 15 is 0 Å². The molecule has 25 heavy (non-hydrogen) atoms. The molecule has 1 aliphatic heterocycles. The number of aryl methyl sites for hydroxylation is 1. The molecule has 0 bridgehead atoms. The summed E-state index contributed by atoms with van der Waals surface area (Å²) in [7, 11) is -3.52. The van der Waals surface area contributed by atoms with Gasteiger partial charge in [0.1, 0.15) is 11.9 Å². The van der Waals surface area contributed by atoms with Gasteiger partial charge in [-0.15, -0.1) is 0 Å². The van der Waals surface area contributed by atoms with Gasteiger partial charge in [-0.2, -0.15) is 4.31 Å². The lowest BCUT2D eigenvalue weighted by atomic mass is 10.2. The number of benzene rings is 1. The summed E-state index contributed by atoms with van der Waals surface area (Å²) < 4.78 is 43.0. The van der Waals surface area contributed by atoms with Crippen molar-refractivity contribution in [2.75, 3.05) is 18.1 Å². The SMILES string of the molecule is Cc1ccc(NC(=O)[C@H](C)OC(=O)[C@@H]2CCCN2S(C)(=O)=O)cc1F. The lowest BCUT2D eigenvalue weighted by Gasteiger charge is -2.22. The van der Waals surface area contributed by atoms with Gasteiger partial charge in [0.25, 0.3) is 5.91 Å². The standard InChI is InChI=1S/C16H21FN2O5S/c1-10-6-7-12(9-13(10)17)18-15(20)11(2)24-16(21)14-5-4-8-19(14)25(3,22)23/h6-7,9,11,14H,4-5,8H2,1-3H3,(H,18,20)/t11-,14-/m0/s1. The average Bonchev–Trinajstić information content (AvgIpc) is 3.00. The maximum absolute atomic E-state index is 13.5. The van der Waals surface area contributed by atoms with Crippen molar-refractivity contribution in [3.63, 3.8) is 0 Å². The van der Waals surface area contributed by atoms with Crippen LogP contribution in [0.5, 0.6) is 0 Å². The van der Waals surface area contributed by atoms with Crippen LogP contribution in [0.3, 0.4) is 0 Å². The zero-order chi connectivity index (χ0) is 18.8. The largest absolute Gasteiger partial charge is 0.451 e. The van der Waals surface area contributed by atoms with E-state index in [-0.39, 0.29) is 12.2 Å².